The van der Waals surface area contributed by atoms with E-state index in [1.54, 1.807) is 37.6 Å². The molecule has 0 aliphatic carbocycles. The molecule has 4 aromatic carbocycles. The van der Waals surface area contributed by atoms with Gasteiger partial charge in [0.1, 0.15) is 29.0 Å². The molecule has 0 unspecified atom stereocenters. The molecule has 0 saturated carbocycles. The van der Waals surface area contributed by atoms with Crippen LogP contribution >= 0.6 is 0 Å². The predicted octanol–water partition coefficient (Wildman–Crippen LogP) is 7.01. The molecule has 0 radical (unpaired) electrons. The number of benzene rings is 4. The highest BCUT2D eigenvalue weighted by Gasteiger charge is 2.28. The number of halogens is 3. The monoisotopic (exact) mass is 740 g/mol. The summed E-state index contributed by atoms with van der Waals surface area (Å²) in [5.74, 6) is -4.97. The molecule has 2 N–H and O–H groups in total. The number of fused-ring (bicyclic) bond motifs is 1. The lowest BCUT2D eigenvalue weighted by Crippen LogP contribution is -2.43. The highest BCUT2D eigenvalue weighted by molar-refractivity contribution is 7.92. The number of ether oxygens (including phenoxy) is 2. The average Bonchev–Trinajstić information content (AvgIpc) is 3.14. The van der Waals surface area contributed by atoms with Gasteiger partial charge in [-0.3, -0.25) is 14.5 Å². The Morgan fingerprint density at radius 3 is 2.25 bits per heavy atom. The first-order valence-electron chi connectivity index (χ1n) is 16.0. The SMILES string of the molecule is COC(=O)[C@H](Cc1ccc(-c2c(C)cccc2OC)c2ncccc12)NC(=O)c1c(F)cc(NS(=O)(=O)c2ccc(-c3ccnc(F)c3)cc2)cc1F. The van der Waals surface area contributed by atoms with Gasteiger partial charge in [-0.25, -0.2) is 27.0 Å². The van der Waals surface area contributed by atoms with Crippen LogP contribution in [0, 0.1) is 24.5 Å². The maximum Gasteiger partial charge on any atom is 0.328 e. The highest BCUT2D eigenvalue weighted by Crippen LogP contribution is 2.38. The number of esters is 1. The molecule has 10 nitrogen and oxygen atoms in total. The lowest BCUT2D eigenvalue weighted by molar-refractivity contribution is -0.142. The van der Waals surface area contributed by atoms with Crippen molar-refractivity contribution in [3.8, 4) is 28.0 Å². The van der Waals surface area contributed by atoms with Crippen molar-refractivity contribution in [2.75, 3.05) is 18.9 Å². The van der Waals surface area contributed by atoms with Gasteiger partial charge in [-0.05, 0) is 71.6 Å². The van der Waals surface area contributed by atoms with E-state index in [1.165, 1.54) is 36.5 Å². The standard InChI is InChI=1S/C39H31F3N4O6S/c1-22-6-4-8-33(51-2)35(22)29-14-11-25(28-7-5-16-44-37(28)29)18-32(39(48)52-3)45-38(47)36-30(40)20-26(21-31(36)41)46-53(49,50)27-12-9-23(10-13-27)24-15-17-43-34(42)19-24/h4-17,19-21,32,46H,18H2,1-3H3,(H,45,47)/t32-/m0/s1. The van der Waals surface area contributed by atoms with Crippen LogP contribution in [0.5, 0.6) is 5.75 Å². The predicted molar refractivity (Wildman–Crippen MR) is 192 cm³/mol. The van der Waals surface area contributed by atoms with Crippen LogP contribution in [0.3, 0.4) is 0 Å². The minimum absolute atomic E-state index is 0.123. The smallest absolute Gasteiger partial charge is 0.328 e. The zero-order valence-corrected chi connectivity index (χ0v) is 29.3. The molecule has 0 bridgehead atoms. The van der Waals surface area contributed by atoms with Gasteiger partial charge in [-0.2, -0.15) is 4.39 Å². The van der Waals surface area contributed by atoms with Crippen LogP contribution in [0.25, 0.3) is 33.2 Å². The second kappa shape index (κ2) is 15.1. The van der Waals surface area contributed by atoms with Gasteiger partial charge in [0.15, 0.2) is 0 Å². The third-order valence-corrected chi connectivity index (χ3v) is 9.94. The number of amides is 1. The van der Waals surface area contributed by atoms with Crippen LogP contribution in [0.4, 0.5) is 18.9 Å². The van der Waals surface area contributed by atoms with E-state index in [1.807, 2.05) is 31.2 Å². The summed E-state index contributed by atoms with van der Waals surface area (Å²) in [5.41, 5.74) is 3.18. The molecule has 0 aliphatic rings. The quantitative estimate of drug-likeness (QED) is 0.107. The van der Waals surface area contributed by atoms with Crippen molar-refractivity contribution in [1.82, 2.24) is 15.3 Å². The number of nitrogens with one attached hydrogen (secondary N) is 2. The van der Waals surface area contributed by atoms with E-state index in [4.69, 9.17) is 9.47 Å². The Morgan fingerprint density at radius 2 is 1.57 bits per heavy atom. The summed E-state index contributed by atoms with van der Waals surface area (Å²) < 4.78 is 83.0. The van der Waals surface area contributed by atoms with Gasteiger partial charge in [0, 0.05) is 41.4 Å². The summed E-state index contributed by atoms with van der Waals surface area (Å²) in [4.78, 5) is 34.1. The minimum atomic E-state index is -4.34. The number of sulfonamides is 1. The van der Waals surface area contributed by atoms with Crippen molar-refractivity contribution >= 4 is 38.5 Å². The van der Waals surface area contributed by atoms with Gasteiger partial charge in [0.05, 0.1) is 30.3 Å². The molecule has 0 aliphatic heterocycles. The number of carbonyl (C=O) groups excluding carboxylic acids is 2. The normalized spacial score (nSPS) is 11.9. The number of pyridine rings is 2. The molecule has 270 valence electrons. The number of carbonyl (C=O) groups is 2. The van der Waals surface area contributed by atoms with Gasteiger partial charge >= 0.3 is 5.97 Å². The van der Waals surface area contributed by atoms with Crippen LogP contribution < -0.4 is 14.8 Å². The third-order valence-electron chi connectivity index (χ3n) is 8.54. The number of hydrogen-bond acceptors (Lipinski definition) is 8. The summed E-state index contributed by atoms with van der Waals surface area (Å²) >= 11 is 0. The largest absolute Gasteiger partial charge is 0.496 e. The Hall–Kier alpha value is -6.28. The molecule has 1 atom stereocenters. The number of hydrogen-bond donors (Lipinski definition) is 2. The van der Waals surface area contributed by atoms with Crippen LogP contribution in [-0.2, 0) is 26.0 Å². The van der Waals surface area contributed by atoms with E-state index in [0.29, 0.717) is 45.5 Å². The molecular weight excluding hydrogens is 710 g/mol. The van der Waals surface area contributed by atoms with Crippen molar-refractivity contribution in [3.63, 3.8) is 0 Å². The summed E-state index contributed by atoms with van der Waals surface area (Å²) in [6.07, 6.45) is 2.77. The number of anilines is 1. The summed E-state index contributed by atoms with van der Waals surface area (Å²) in [6.45, 7) is 1.94. The van der Waals surface area contributed by atoms with E-state index >= 15 is 8.78 Å². The molecule has 1 amide bonds. The summed E-state index contributed by atoms with van der Waals surface area (Å²) in [6, 6.07) is 20.8. The fourth-order valence-electron chi connectivity index (χ4n) is 6.03. The third kappa shape index (κ3) is 7.67. The average molecular weight is 741 g/mol. The number of methoxy groups -OCH3 is 2. The minimum Gasteiger partial charge on any atom is -0.496 e. The molecule has 0 spiro atoms. The van der Waals surface area contributed by atoms with Crippen molar-refractivity contribution in [2.24, 2.45) is 0 Å². The maximum atomic E-state index is 15.4. The second-order valence-corrected chi connectivity index (χ2v) is 13.6. The molecule has 0 fully saturated rings. The zero-order valence-electron chi connectivity index (χ0n) is 28.5. The maximum absolute atomic E-state index is 15.4. The van der Waals surface area contributed by atoms with Crippen LogP contribution in [0.1, 0.15) is 21.5 Å². The topological polar surface area (TPSA) is 137 Å². The first kappa shape index (κ1) is 36.5. The lowest BCUT2D eigenvalue weighted by Gasteiger charge is -2.20. The summed E-state index contributed by atoms with van der Waals surface area (Å²) in [5, 5.41) is 3.03. The van der Waals surface area contributed by atoms with Crippen molar-refractivity contribution in [1.29, 1.82) is 0 Å². The fourth-order valence-corrected chi connectivity index (χ4v) is 7.07. The Morgan fingerprint density at radius 1 is 0.830 bits per heavy atom. The molecule has 53 heavy (non-hydrogen) atoms. The molecule has 14 heteroatoms. The van der Waals surface area contributed by atoms with Gasteiger partial charge < -0.3 is 14.8 Å². The highest BCUT2D eigenvalue weighted by atomic mass is 32.2. The molecule has 2 aromatic heterocycles. The first-order chi connectivity index (χ1) is 25.4. The van der Waals surface area contributed by atoms with Gasteiger partial charge in [-0.15, -0.1) is 0 Å². The van der Waals surface area contributed by atoms with E-state index in [2.05, 4.69) is 20.0 Å². The van der Waals surface area contributed by atoms with E-state index in [0.717, 1.165) is 23.8 Å². The zero-order chi connectivity index (χ0) is 37.9. The van der Waals surface area contributed by atoms with Crippen molar-refractivity contribution in [2.45, 2.75) is 24.3 Å². The van der Waals surface area contributed by atoms with E-state index < -0.39 is 56.8 Å². The van der Waals surface area contributed by atoms with Gasteiger partial charge in [-0.1, -0.05) is 42.5 Å². The molecule has 6 rings (SSSR count). The van der Waals surface area contributed by atoms with Crippen LogP contribution in [0.15, 0.2) is 108 Å². The summed E-state index contributed by atoms with van der Waals surface area (Å²) in [7, 11) is -1.66. The lowest BCUT2D eigenvalue weighted by atomic mass is 9.92. The van der Waals surface area contributed by atoms with Gasteiger partial charge in [0.25, 0.3) is 15.9 Å². The van der Waals surface area contributed by atoms with Crippen molar-refractivity contribution in [3.05, 3.63) is 138 Å². The number of nitrogens with zero attached hydrogens (tertiary/aromatic N) is 2. The number of rotatable bonds is 11. The molecule has 2 heterocycles. The van der Waals surface area contributed by atoms with Crippen LogP contribution in [-0.4, -0.2) is 50.5 Å². The first-order valence-corrected chi connectivity index (χ1v) is 17.5. The van der Waals surface area contributed by atoms with Crippen molar-refractivity contribution < 1.29 is 40.7 Å². The Labute approximate surface area is 302 Å². The number of aryl methyl sites for hydroxylation is 1. The molecule has 6 aromatic rings. The Kier molecular flexibility index (Phi) is 10.4. The van der Waals surface area contributed by atoms with E-state index in [9.17, 15) is 22.4 Å². The Bertz CT molecular complexity index is 2460. The molecular formula is C39H31F3N4O6S. The van der Waals surface area contributed by atoms with E-state index in [-0.39, 0.29) is 11.3 Å². The Balaban J connectivity index is 1.23. The van der Waals surface area contributed by atoms with Gasteiger partial charge in [0.2, 0.25) is 5.95 Å². The molecule has 0 saturated heterocycles. The van der Waals surface area contributed by atoms with Crippen LogP contribution in [0.2, 0.25) is 0 Å². The number of aromatic nitrogens is 2. The fraction of sp³-hybridized carbons (Fsp3) is 0.128. The second-order valence-electron chi connectivity index (χ2n) is 11.9.